The quantitative estimate of drug-likeness (QED) is 0.250. The highest BCUT2D eigenvalue weighted by Gasteiger charge is 2.13. The molecule has 0 amide bonds. The Morgan fingerprint density at radius 2 is 1.24 bits per heavy atom. The number of nitrogens with zero attached hydrogens (tertiary/aromatic N) is 4. The van der Waals surface area contributed by atoms with Crippen LogP contribution in [0.2, 0.25) is 0 Å². The molecule has 0 saturated carbocycles. The van der Waals surface area contributed by atoms with Crippen LogP contribution >= 0.6 is 22.7 Å². The first-order valence-electron chi connectivity index (χ1n) is 9.31. The van der Waals surface area contributed by atoms with Crippen molar-refractivity contribution in [1.82, 2.24) is 21.4 Å². The van der Waals surface area contributed by atoms with Crippen LogP contribution in [0, 0.1) is 0 Å². The van der Waals surface area contributed by atoms with E-state index in [1.165, 1.54) is 46.9 Å². The Labute approximate surface area is 203 Å². The van der Waals surface area contributed by atoms with E-state index in [-0.39, 0.29) is 22.1 Å². The van der Waals surface area contributed by atoms with Crippen LogP contribution in [0.1, 0.15) is 13.8 Å². The van der Waals surface area contributed by atoms with Gasteiger partial charge in [0, 0.05) is 13.1 Å². The Hall–Kier alpha value is -2.44. The summed E-state index contributed by atoms with van der Waals surface area (Å²) < 4.78 is 71.1. The molecule has 0 spiro atoms. The van der Waals surface area contributed by atoms with Crippen LogP contribution in [0.15, 0.2) is 56.4 Å². The van der Waals surface area contributed by atoms with Gasteiger partial charge in [-0.2, -0.15) is 8.42 Å². The maximum Gasteiger partial charge on any atom is 0.294 e. The van der Waals surface area contributed by atoms with Gasteiger partial charge in [0.05, 0.1) is 30.2 Å². The second-order valence-corrected chi connectivity index (χ2v) is 11.5. The number of hydrogen-bond acceptors (Lipinski definition) is 9. The van der Waals surface area contributed by atoms with Gasteiger partial charge in [-0.15, -0.1) is 10.2 Å². The lowest BCUT2D eigenvalue weighted by molar-refractivity contribution is 0.463. The van der Waals surface area contributed by atoms with Gasteiger partial charge in [0.15, 0.2) is 0 Å². The second-order valence-electron chi connectivity index (χ2n) is 6.65. The van der Waals surface area contributed by atoms with Crippen molar-refractivity contribution in [1.29, 1.82) is 0 Å². The van der Waals surface area contributed by atoms with Crippen LogP contribution in [0.25, 0.3) is 20.4 Å². The molecule has 186 valence electrons. The first-order valence-corrected chi connectivity index (χ1v) is 13.8. The number of aromatic nitrogens is 2. The van der Waals surface area contributed by atoms with E-state index in [1.54, 1.807) is 12.1 Å². The molecule has 34 heavy (non-hydrogen) atoms. The molecular formula is C18H25N6O6S4+. The van der Waals surface area contributed by atoms with E-state index in [1.807, 2.05) is 23.0 Å². The summed E-state index contributed by atoms with van der Waals surface area (Å²) in [7, 11) is -8.89. The molecule has 0 aliphatic rings. The standard InChI is InChI=1S/C18H18N4O6S4.2H3N/c1-3-21-13-7-5-11(31(23,24)25)9-15(13)29-17(21)19-20-18-22(4-2)14-8-6-12(32(26,27)28)10-16(14)30-18;;/h5-10H,3-4H2,1-2H3,(H,23,24,25)(H,26,27,28);2*1H3/p+1/b19-17+,20-18+;;. The molecule has 0 unspecified atom stereocenters. The second kappa shape index (κ2) is 10.0. The molecule has 0 aliphatic heterocycles. The Bertz CT molecular complexity index is 1580. The van der Waals surface area contributed by atoms with E-state index in [9.17, 15) is 25.9 Å². The summed E-state index contributed by atoms with van der Waals surface area (Å²) in [5, 5.41) is 8.71. The largest absolute Gasteiger partial charge is 0.744 e. The highest BCUT2D eigenvalue weighted by atomic mass is 32.2. The molecule has 9 N–H and O–H groups in total. The number of hydrogen-bond donors (Lipinski definition) is 3. The van der Waals surface area contributed by atoms with Crippen molar-refractivity contribution in [3.63, 3.8) is 0 Å². The number of thiazole rings is 2. The molecule has 0 bridgehead atoms. The van der Waals surface area contributed by atoms with Crippen molar-refractivity contribution in [3.8, 4) is 0 Å². The maximum absolute atomic E-state index is 11.4. The smallest absolute Gasteiger partial charge is 0.294 e. The summed E-state index contributed by atoms with van der Waals surface area (Å²) in [6, 6.07) is 8.49. The van der Waals surface area contributed by atoms with Crippen LogP contribution < -0.4 is 21.9 Å². The van der Waals surface area contributed by atoms with Gasteiger partial charge >= 0.3 is 0 Å². The first-order chi connectivity index (χ1) is 15.0. The third kappa shape index (κ3) is 5.13. The van der Waals surface area contributed by atoms with Gasteiger partial charge in [-0.1, -0.05) is 22.7 Å². The average Bonchev–Trinajstić information content (AvgIpc) is 3.26. The zero-order valence-electron chi connectivity index (χ0n) is 18.8. The van der Waals surface area contributed by atoms with Crippen molar-refractivity contribution >= 4 is 63.3 Å². The van der Waals surface area contributed by atoms with Gasteiger partial charge in [0.1, 0.15) is 10.1 Å². The summed E-state index contributed by atoms with van der Waals surface area (Å²) in [5.41, 5.74) is 1.49. The fraction of sp³-hybridized carbons (Fsp3) is 0.222. The molecule has 2 aromatic carbocycles. The Kier molecular flexibility index (Phi) is 8.21. The molecule has 4 rings (SSSR count). The fourth-order valence-electron chi connectivity index (χ4n) is 3.27. The zero-order chi connectivity index (χ0) is 23.3. The molecule has 4 aromatic rings. The highest BCUT2D eigenvalue weighted by molar-refractivity contribution is 7.86. The predicted octanol–water partition coefficient (Wildman–Crippen LogP) is 3.08. The highest BCUT2D eigenvalue weighted by Crippen LogP contribution is 2.23. The van der Waals surface area contributed by atoms with E-state index in [0.717, 1.165) is 11.0 Å². The summed E-state index contributed by atoms with van der Waals surface area (Å²) in [5.74, 6) is 0. The van der Waals surface area contributed by atoms with Gasteiger partial charge in [-0.3, -0.25) is 4.55 Å². The third-order valence-electron chi connectivity index (χ3n) is 4.75. The van der Waals surface area contributed by atoms with Gasteiger partial charge in [0.25, 0.3) is 10.1 Å². The minimum absolute atomic E-state index is 0. The van der Waals surface area contributed by atoms with Gasteiger partial charge in [-0.05, 0) is 50.2 Å². The minimum Gasteiger partial charge on any atom is -0.744 e. The summed E-state index contributed by atoms with van der Waals surface area (Å²) in [6.45, 7) is 4.94. The van der Waals surface area contributed by atoms with E-state index >= 15 is 0 Å². The van der Waals surface area contributed by atoms with Crippen molar-refractivity contribution in [3.05, 3.63) is 46.0 Å². The van der Waals surface area contributed by atoms with E-state index in [0.29, 0.717) is 32.1 Å². The molecule has 0 fully saturated rings. The van der Waals surface area contributed by atoms with E-state index in [4.69, 9.17) is 0 Å². The van der Waals surface area contributed by atoms with Crippen LogP contribution in [0.3, 0.4) is 0 Å². The Morgan fingerprint density at radius 1 is 0.824 bits per heavy atom. The lowest BCUT2D eigenvalue weighted by Crippen LogP contribution is -2.16. The molecule has 12 nitrogen and oxygen atoms in total. The van der Waals surface area contributed by atoms with Crippen molar-refractivity contribution in [2.75, 3.05) is 0 Å². The lowest BCUT2D eigenvalue weighted by atomic mass is 10.3. The predicted molar refractivity (Wildman–Crippen MR) is 132 cm³/mol. The zero-order valence-corrected chi connectivity index (χ0v) is 22.1. The number of rotatable bonds is 5. The molecular weight excluding hydrogens is 525 g/mol. The minimum atomic E-state index is -4.57. The Balaban J connectivity index is 0.00000204. The summed E-state index contributed by atoms with van der Waals surface area (Å²) >= 11 is 2.43. The number of benzene rings is 2. The third-order valence-corrected chi connectivity index (χ3v) is 8.49. The molecule has 0 atom stereocenters. The van der Waals surface area contributed by atoms with Crippen LogP contribution in [0.5, 0.6) is 0 Å². The molecule has 16 heteroatoms. The topological polar surface area (TPSA) is 219 Å². The Morgan fingerprint density at radius 3 is 1.62 bits per heavy atom. The first kappa shape index (κ1) is 27.8. The molecule has 2 aromatic heterocycles. The van der Waals surface area contributed by atoms with Crippen molar-refractivity contribution < 1.29 is 25.9 Å². The summed E-state index contributed by atoms with van der Waals surface area (Å²) in [4.78, 5) is 0.538. The van der Waals surface area contributed by atoms with E-state index in [2.05, 4.69) is 10.2 Å². The van der Waals surface area contributed by atoms with E-state index < -0.39 is 20.2 Å². The summed E-state index contributed by atoms with van der Waals surface area (Å²) in [6.07, 6.45) is 0. The van der Waals surface area contributed by atoms with Gasteiger partial charge in [-0.25, -0.2) is 8.42 Å². The SMILES string of the molecule is CCn1/c(=N\N=c2\sc3cc(S(=O)(=O)O)ccc3n2CC)sc2cc(S(=O)(=O)[O-])ccc21.[NH4+].[NH4+]. The molecule has 0 radical (unpaired) electrons. The van der Waals surface area contributed by atoms with Crippen LogP contribution in [0.4, 0.5) is 0 Å². The molecule has 0 saturated heterocycles. The molecule has 0 aliphatic carbocycles. The van der Waals surface area contributed by atoms with Gasteiger partial charge < -0.3 is 26.0 Å². The van der Waals surface area contributed by atoms with Gasteiger partial charge in [0.2, 0.25) is 9.60 Å². The number of quaternary nitrogens is 2. The normalized spacial score (nSPS) is 13.3. The van der Waals surface area contributed by atoms with Crippen LogP contribution in [-0.4, -0.2) is 35.1 Å². The van der Waals surface area contributed by atoms with Crippen LogP contribution in [-0.2, 0) is 33.3 Å². The number of aryl methyl sites for hydroxylation is 2. The average molecular weight is 550 g/mol. The van der Waals surface area contributed by atoms with Crippen molar-refractivity contribution in [2.45, 2.75) is 36.7 Å². The molecule has 2 heterocycles. The fourth-order valence-corrected chi connectivity index (χ4v) is 6.60. The monoisotopic (exact) mass is 549 g/mol. The van der Waals surface area contributed by atoms with Crippen molar-refractivity contribution in [2.24, 2.45) is 10.2 Å². The maximum atomic E-state index is 11.4. The number of fused-ring (bicyclic) bond motifs is 2. The lowest BCUT2D eigenvalue weighted by Gasteiger charge is -2.06.